The highest BCUT2D eigenvalue weighted by Gasteiger charge is 2.30. The number of pyridine rings is 2. The van der Waals surface area contributed by atoms with Gasteiger partial charge in [-0.15, -0.1) is 0 Å². The number of nitrogens with one attached hydrogen (secondary N) is 1. The molecule has 0 aliphatic heterocycles. The normalized spacial score (nSPS) is 11.7. The number of aromatic nitrogens is 2. The van der Waals surface area contributed by atoms with Crippen LogP contribution in [0.5, 0.6) is 0 Å². The first-order valence-electron chi connectivity index (χ1n) is 10.5. The lowest BCUT2D eigenvalue weighted by Crippen LogP contribution is -2.14. The zero-order valence-corrected chi connectivity index (χ0v) is 18.5. The summed E-state index contributed by atoms with van der Waals surface area (Å²) in [6, 6.07) is 8.08. The third kappa shape index (κ3) is 7.01. The van der Waals surface area contributed by atoms with Crippen LogP contribution in [0.3, 0.4) is 0 Å². The summed E-state index contributed by atoms with van der Waals surface area (Å²) in [5.74, 6) is -0.518. The molecule has 1 amide bonds. The molecule has 0 bridgehead atoms. The van der Waals surface area contributed by atoms with Crippen LogP contribution in [-0.4, -0.2) is 34.4 Å². The molecular formula is C24H24F3N5O3. The van der Waals surface area contributed by atoms with Gasteiger partial charge in [0, 0.05) is 41.2 Å². The molecule has 0 aliphatic rings. The van der Waals surface area contributed by atoms with Crippen LogP contribution in [0.2, 0.25) is 0 Å². The van der Waals surface area contributed by atoms with Crippen LogP contribution >= 0.6 is 0 Å². The molecule has 35 heavy (non-hydrogen) atoms. The molecule has 2 aromatic heterocycles. The van der Waals surface area contributed by atoms with Crippen LogP contribution in [0.25, 0.3) is 6.08 Å². The largest absolute Gasteiger partial charge is 0.416 e. The number of rotatable bonds is 9. The Hall–Kier alpha value is -3.96. The van der Waals surface area contributed by atoms with Crippen molar-refractivity contribution in [3.63, 3.8) is 0 Å². The molecule has 3 aromatic rings. The fourth-order valence-electron chi connectivity index (χ4n) is 3.19. The third-order valence-electron chi connectivity index (χ3n) is 5.03. The topological polar surface area (TPSA) is 136 Å². The first-order valence-corrected chi connectivity index (χ1v) is 10.5. The van der Waals surface area contributed by atoms with E-state index in [-0.39, 0.29) is 24.0 Å². The van der Waals surface area contributed by atoms with Crippen molar-refractivity contribution < 1.29 is 27.8 Å². The van der Waals surface area contributed by atoms with Crippen LogP contribution in [-0.2, 0) is 17.3 Å². The number of benzene rings is 1. The second-order valence-electron chi connectivity index (χ2n) is 7.47. The van der Waals surface area contributed by atoms with Crippen molar-refractivity contribution in [2.24, 2.45) is 0 Å². The molecule has 184 valence electrons. The van der Waals surface area contributed by atoms with E-state index in [9.17, 15) is 18.0 Å². The number of hydrogen-bond acceptors (Lipinski definition) is 7. The number of aliphatic hydroxyl groups excluding tert-OH is 1. The number of nitrogen functional groups attached to an aromatic ring is 2. The van der Waals surface area contributed by atoms with Gasteiger partial charge < -0.3 is 26.6 Å². The van der Waals surface area contributed by atoms with E-state index >= 15 is 0 Å². The molecule has 0 spiro atoms. The highest BCUT2D eigenvalue weighted by Crippen LogP contribution is 2.30. The highest BCUT2D eigenvalue weighted by molar-refractivity contribution is 6.03. The Labute approximate surface area is 199 Å². The fourth-order valence-corrected chi connectivity index (χ4v) is 3.19. The Kier molecular flexibility index (Phi) is 8.39. The molecule has 6 N–H and O–H groups in total. The highest BCUT2D eigenvalue weighted by atomic mass is 19.4. The lowest BCUT2D eigenvalue weighted by molar-refractivity contribution is -0.137. The van der Waals surface area contributed by atoms with Gasteiger partial charge in [0.2, 0.25) is 0 Å². The molecule has 3 rings (SSSR count). The first kappa shape index (κ1) is 25.7. The fraction of sp³-hybridized carbons (Fsp3) is 0.208. The van der Waals surface area contributed by atoms with E-state index < -0.39 is 17.6 Å². The Morgan fingerprint density at radius 2 is 1.89 bits per heavy atom. The van der Waals surface area contributed by atoms with Crippen molar-refractivity contribution in [1.29, 1.82) is 0 Å². The van der Waals surface area contributed by atoms with E-state index in [1.807, 2.05) is 6.08 Å². The van der Waals surface area contributed by atoms with Gasteiger partial charge in [-0.2, -0.15) is 13.2 Å². The Bertz CT molecular complexity index is 1200. The standard InChI is InChI=1S/C24H24F3N5O3/c25-24(26,27)18-8-9-30-20(12-18)32-23(34)16-6-4-15(5-7-16)11-19-21(28)17(13-31-22(19)29)3-1-2-10-35-14-33/h1,3-9,12-13,33H,2,10-11,14H2,(H4,28,29,31)(H,30,32,34)/b3-1+. The van der Waals surface area contributed by atoms with Crippen LogP contribution in [0.4, 0.5) is 30.5 Å². The van der Waals surface area contributed by atoms with E-state index in [0.29, 0.717) is 36.3 Å². The van der Waals surface area contributed by atoms with Gasteiger partial charge in [-0.25, -0.2) is 9.97 Å². The zero-order valence-electron chi connectivity index (χ0n) is 18.5. The maximum atomic E-state index is 12.9. The van der Waals surface area contributed by atoms with Gasteiger partial charge in [-0.1, -0.05) is 24.3 Å². The molecule has 0 unspecified atom stereocenters. The monoisotopic (exact) mass is 487 g/mol. The van der Waals surface area contributed by atoms with Crippen molar-refractivity contribution in [2.45, 2.75) is 19.0 Å². The number of aliphatic hydroxyl groups is 1. The summed E-state index contributed by atoms with van der Waals surface area (Å²) in [5.41, 5.74) is 14.2. The molecule has 11 heteroatoms. The second-order valence-corrected chi connectivity index (χ2v) is 7.47. The van der Waals surface area contributed by atoms with Gasteiger partial charge in [0.05, 0.1) is 12.2 Å². The summed E-state index contributed by atoms with van der Waals surface area (Å²) in [6.07, 6.45) is 2.58. The Morgan fingerprint density at radius 1 is 1.14 bits per heavy atom. The third-order valence-corrected chi connectivity index (χ3v) is 5.03. The first-order chi connectivity index (χ1) is 16.7. The predicted octanol–water partition coefficient (Wildman–Crippen LogP) is 3.87. The van der Waals surface area contributed by atoms with Crippen molar-refractivity contribution in [1.82, 2.24) is 9.97 Å². The van der Waals surface area contributed by atoms with Gasteiger partial charge in [-0.05, 0) is 36.2 Å². The van der Waals surface area contributed by atoms with Crippen LogP contribution < -0.4 is 16.8 Å². The number of alkyl halides is 3. The number of halogens is 3. The smallest absolute Gasteiger partial charge is 0.398 e. The maximum absolute atomic E-state index is 12.9. The molecule has 0 aliphatic carbocycles. The van der Waals surface area contributed by atoms with Gasteiger partial charge in [0.15, 0.2) is 0 Å². The lowest BCUT2D eigenvalue weighted by atomic mass is 10.0. The molecule has 2 heterocycles. The molecule has 0 saturated heterocycles. The number of ether oxygens (including phenoxy) is 1. The molecule has 0 radical (unpaired) electrons. The molecular weight excluding hydrogens is 463 g/mol. The molecule has 8 nitrogen and oxygen atoms in total. The summed E-state index contributed by atoms with van der Waals surface area (Å²) < 4.78 is 43.4. The molecule has 0 saturated carbocycles. The summed E-state index contributed by atoms with van der Waals surface area (Å²) in [7, 11) is 0. The van der Waals surface area contributed by atoms with Crippen molar-refractivity contribution >= 4 is 29.3 Å². The van der Waals surface area contributed by atoms with E-state index in [4.69, 9.17) is 21.3 Å². The minimum absolute atomic E-state index is 0.201. The van der Waals surface area contributed by atoms with Crippen molar-refractivity contribution in [3.8, 4) is 0 Å². The van der Waals surface area contributed by atoms with Gasteiger partial charge in [0.1, 0.15) is 18.4 Å². The number of carbonyl (C=O) groups is 1. The van der Waals surface area contributed by atoms with E-state index in [0.717, 1.165) is 23.9 Å². The van der Waals surface area contributed by atoms with Crippen LogP contribution in [0.15, 0.2) is 54.9 Å². The average Bonchev–Trinajstić information content (AvgIpc) is 2.83. The van der Waals surface area contributed by atoms with E-state index in [1.165, 1.54) is 0 Å². The number of amides is 1. The maximum Gasteiger partial charge on any atom is 0.416 e. The minimum atomic E-state index is -4.54. The number of hydrogen-bond donors (Lipinski definition) is 4. The Balaban J connectivity index is 1.69. The lowest BCUT2D eigenvalue weighted by Gasteiger charge is -2.12. The van der Waals surface area contributed by atoms with Gasteiger partial charge in [-0.3, -0.25) is 4.79 Å². The number of nitrogens with two attached hydrogens (primary N) is 2. The summed E-state index contributed by atoms with van der Waals surface area (Å²) in [5, 5.41) is 11.0. The Morgan fingerprint density at radius 3 is 2.57 bits per heavy atom. The summed E-state index contributed by atoms with van der Waals surface area (Å²) in [4.78, 5) is 20.4. The minimum Gasteiger partial charge on any atom is -0.398 e. The molecule has 0 fully saturated rings. The summed E-state index contributed by atoms with van der Waals surface area (Å²) in [6.45, 7) is 0.0258. The second kappa shape index (κ2) is 11.4. The average molecular weight is 487 g/mol. The quantitative estimate of drug-likeness (QED) is 0.266. The van der Waals surface area contributed by atoms with Crippen LogP contribution in [0.1, 0.15) is 39.0 Å². The molecule has 0 atom stereocenters. The zero-order chi connectivity index (χ0) is 25.4. The molecule has 1 aromatic carbocycles. The van der Waals surface area contributed by atoms with Crippen LogP contribution in [0, 0.1) is 0 Å². The summed E-state index contributed by atoms with van der Waals surface area (Å²) >= 11 is 0. The van der Waals surface area contributed by atoms with Gasteiger partial charge >= 0.3 is 6.18 Å². The van der Waals surface area contributed by atoms with Crippen molar-refractivity contribution in [2.75, 3.05) is 30.2 Å². The number of carbonyl (C=O) groups excluding carboxylic acids is 1. The number of anilines is 3. The predicted molar refractivity (Wildman–Crippen MR) is 126 cm³/mol. The van der Waals surface area contributed by atoms with Gasteiger partial charge in [0.25, 0.3) is 5.91 Å². The van der Waals surface area contributed by atoms with E-state index in [1.54, 1.807) is 36.5 Å². The van der Waals surface area contributed by atoms with E-state index in [2.05, 4.69) is 15.3 Å². The SMILES string of the molecule is Nc1ncc(/C=C/CCOCO)c(N)c1Cc1ccc(C(=O)Nc2cc(C(F)(F)F)ccn2)cc1. The number of nitrogens with zero attached hydrogens (tertiary/aromatic N) is 2. The van der Waals surface area contributed by atoms with Crippen molar-refractivity contribution in [3.05, 3.63) is 82.7 Å².